The third-order valence-corrected chi connectivity index (χ3v) is 22.9. The largest absolute Gasteiger partial charge is 0.459 e. The van der Waals surface area contributed by atoms with Gasteiger partial charge in [-0.2, -0.15) is 0 Å². The Hall–Kier alpha value is -1.73. The van der Waals surface area contributed by atoms with Crippen molar-refractivity contribution in [2.45, 2.75) is 319 Å². The predicted octanol–water partition coefficient (Wildman–Crippen LogP) is 6.34. The Kier molecular flexibility index (Phi) is 13.6. The van der Waals surface area contributed by atoms with Crippen molar-refractivity contribution in [3.63, 3.8) is 0 Å². The van der Waals surface area contributed by atoms with Crippen LogP contribution in [-0.4, -0.2) is 194 Å². The lowest BCUT2D eigenvalue weighted by Gasteiger charge is -2.54. The predicted molar refractivity (Wildman–Crippen MR) is 281 cm³/mol. The van der Waals surface area contributed by atoms with Gasteiger partial charge in [-0.1, -0.05) is 40.9 Å². The summed E-state index contributed by atoms with van der Waals surface area (Å²) >= 11 is 0. The number of carbonyl (C=O) groups excluding carboxylic acids is 1. The summed E-state index contributed by atoms with van der Waals surface area (Å²) in [5.74, 6) is -3.40. The average molecular weight is 1140 g/mol. The van der Waals surface area contributed by atoms with Crippen molar-refractivity contribution in [3.05, 3.63) is 24.3 Å². The summed E-state index contributed by atoms with van der Waals surface area (Å²) in [4.78, 5) is 14.6. The van der Waals surface area contributed by atoms with Gasteiger partial charge in [0.05, 0.1) is 116 Å². The van der Waals surface area contributed by atoms with Crippen molar-refractivity contribution in [3.8, 4) is 0 Å². The molecule has 17 fully saturated rings. The summed E-state index contributed by atoms with van der Waals surface area (Å²) < 4.78 is 117. The molecule has 32 atom stereocenters. The zero-order chi connectivity index (χ0) is 55.1. The van der Waals surface area contributed by atoms with Gasteiger partial charge in [0.25, 0.3) is 0 Å². The van der Waals surface area contributed by atoms with Crippen molar-refractivity contribution < 1.29 is 90.4 Å². The van der Waals surface area contributed by atoms with Crippen LogP contribution in [0.4, 0.5) is 0 Å². The molecule has 17 aliphatic heterocycles. The number of ether oxygens (including phenoxy) is 17. The standard InChI is InChI=1S/C62H88O19/c1-28-16-34-8-10-37-29(2)17-36(66-37)12-13-60-26-47-55(80-60)56-57(73-47)58(81-60)54-38(70-56)11-9-35(68-54)18-49(64)74-53-33(6)52-43(69-42(53)19-39(67-34)32(28)5)20-40-46(72-52)25-62(76-40)27-48-51(79-62)31(4)23-61(78-48)22-30(3)50-44(77-61)21-41-45(71-50)24-59(65-7,75-41)14-15-63/h28,30-31,33-48,50-58,63H,2,5,8-27H2,1,3-4,6-7H3/t28-,30+,31+,33-,34-,35-,36-,37-,38+,39-,40+,41+,42+,43+,44-,45+,46+,47-,48-,50-,51+,52+,53-,54+,55+,56+,57-,58+,59+,60-,61?,62?/m1/s1. The van der Waals surface area contributed by atoms with Gasteiger partial charge in [-0.15, -0.1) is 0 Å². The van der Waals surface area contributed by atoms with Gasteiger partial charge >= 0.3 is 5.97 Å². The molecular formula is C62H88O19. The molecule has 17 heterocycles. The van der Waals surface area contributed by atoms with Gasteiger partial charge in [-0.25, -0.2) is 0 Å². The lowest BCUT2D eigenvalue weighted by Crippen LogP contribution is -2.62. The molecule has 0 radical (unpaired) electrons. The van der Waals surface area contributed by atoms with E-state index in [-0.39, 0.29) is 165 Å². The van der Waals surface area contributed by atoms with Gasteiger partial charge in [0.2, 0.25) is 0 Å². The van der Waals surface area contributed by atoms with E-state index < -0.39 is 47.6 Å². The number of hydrogen-bond acceptors (Lipinski definition) is 19. The van der Waals surface area contributed by atoms with E-state index in [1.54, 1.807) is 7.11 Å². The summed E-state index contributed by atoms with van der Waals surface area (Å²) in [5, 5.41) is 9.83. The highest BCUT2D eigenvalue weighted by Crippen LogP contribution is 2.58. The van der Waals surface area contributed by atoms with Crippen LogP contribution < -0.4 is 0 Å². The van der Waals surface area contributed by atoms with Crippen LogP contribution in [0.15, 0.2) is 24.3 Å². The second-order valence-electron chi connectivity index (χ2n) is 28.4. The number of esters is 1. The first kappa shape index (κ1) is 54.6. The van der Waals surface area contributed by atoms with Crippen molar-refractivity contribution in [1.29, 1.82) is 0 Å². The van der Waals surface area contributed by atoms with E-state index >= 15 is 0 Å². The van der Waals surface area contributed by atoms with Gasteiger partial charge in [-0.05, 0) is 73.8 Å². The fourth-order valence-electron chi connectivity index (χ4n) is 19.1. The van der Waals surface area contributed by atoms with Crippen LogP contribution in [-0.2, 0) is 85.3 Å². The van der Waals surface area contributed by atoms with Crippen molar-refractivity contribution in [2.24, 2.45) is 23.7 Å². The van der Waals surface area contributed by atoms with Gasteiger partial charge in [0.15, 0.2) is 23.1 Å². The molecule has 0 aromatic carbocycles. The third kappa shape index (κ3) is 9.22. The van der Waals surface area contributed by atoms with Crippen molar-refractivity contribution >= 4 is 5.97 Å². The molecule has 17 rings (SSSR count). The molecule has 0 aromatic heterocycles. The van der Waals surface area contributed by atoms with E-state index in [0.717, 1.165) is 49.7 Å². The molecule has 12 bridgehead atoms. The molecule has 3 spiro atoms. The zero-order valence-electron chi connectivity index (χ0n) is 48.0. The maximum atomic E-state index is 14.6. The van der Waals surface area contributed by atoms with Crippen molar-refractivity contribution in [1.82, 2.24) is 0 Å². The van der Waals surface area contributed by atoms with Crippen LogP contribution in [0.1, 0.15) is 150 Å². The highest BCUT2D eigenvalue weighted by Gasteiger charge is 2.70. The molecular weight excluding hydrogens is 1050 g/mol. The Morgan fingerprint density at radius 3 is 1.98 bits per heavy atom. The number of carbonyl (C=O) groups is 1. The Morgan fingerprint density at radius 2 is 1.12 bits per heavy atom. The van der Waals surface area contributed by atoms with E-state index in [2.05, 4.69) is 40.9 Å². The van der Waals surface area contributed by atoms with Crippen LogP contribution >= 0.6 is 0 Å². The molecule has 0 aromatic rings. The van der Waals surface area contributed by atoms with Crippen LogP contribution in [0.5, 0.6) is 0 Å². The normalized spacial score (nSPS) is 58.9. The maximum absolute atomic E-state index is 14.6. The van der Waals surface area contributed by atoms with E-state index in [4.69, 9.17) is 80.5 Å². The van der Waals surface area contributed by atoms with Gasteiger partial charge < -0.3 is 85.6 Å². The second kappa shape index (κ2) is 20.2. The highest BCUT2D eigenvalue weighted by molar-refractivity contribution is 5.70. The summed E-state index contributed by atoms with van der Waals surface area (Å²) in [6, 6.07) is 0. The zero-order valence-corrected chi connectivity index (χ0v) is 48.0. The minimum atomic E-state index is -0.900. The molecule has 19 nitrogen and oxygen atoms in total. The SMILES string of the molecule is C=C1C[C@H]2CC[C@]34C[C@H]5O[C@H]6[C@@H](O3)[C@H]3O[C@H](CC[C@@H]3O[C@H]6[C@H]5O4)CC(=O)O[C@@H]3[C@H](C)[C@@H]4O[C@H]5CC6(C[C@H]7OC8(C[C@H](C)[C@H]9O[C@H]%10C[C@@](CCO)(OC)O[C@H]%10C[C@H]9O8)C[C@H](C)[C@@H]7O6)O[C@H]5C[C@@H]4O[C@H]3C[C@H]3O[C@H](CC[C@H]1O2)C[C@@H](C)C3=C. The third-order valence-electron chi connectivity index (χ3n) is 22.9. The Morgan fingerprint density at radius 1 is 0.481 bits per heavy atom. The molecule has 0 amide bonds. The van der Waals surface area contributed by atoms with E-state index in [1.807, 2.05) is 0 Å². The maximum Gasteiger partial charge on any atom is 0.308 e. The fraction of sp³-hybridized carbons (Fsp3) is 0.919. The summed E-state index contributed by atoms with van der Waals surface area (Å²) in [6.07, 6.45) is 6.14. The van der Waals surface area contributed by atoms with E-state index in [0.29, 0.717) is 77.0 Å². The number of fused-ring (bicyclic) bond motifs is 11. The Labute approximate surface area is 475 Å². The minimum Gasteiger partial charge on any atom is -0.459 e. The Balaban J connectivity index is 0.627. The minimum absolute atomic E-state index is 0.0111. The highest BCUT2D eigenvalue weighted by atomic mass is 16.8. The van der Waals surface area contributed by atoms with Crippen LogP contribution in [0.3, 0.4) is 0 Å². The molecule has 450 valence electrons. The first-order valence-electron chi connectivity index (χ1n) is 31.7. The van der Waals surface area contributed by atoms with Crippen LogP contribution in [0, 0.1) is 23.7 Å². The molecule has 17 aliphatic rings. The smallest absolute Gasteiger partial charge is 0.308 e. The number of aliphatic hydroxyl groups excluding tert-OH is 1. The molecule has 19 heteroatoms. The number of hydrogen-bond donors (Lipinski definition) is 1. The van der Waals surface area contributed by atoms with Gasteiger partial charge in [0, 0.05) is 90.3 Å². The summed E-state index contributed by atoms with van der Waals surface area (Å²) in [6.45, 7) is 18.0. The van der Waals surface area contributed by atoms with E-state index in [1.165, 1.54) is 0 Å². The number of rotatable bonds is 3. The lowest BCUT2D eigenvalue weighted by atomic mass is 9.78. The number of aliphatic hydroxyl groups is 1. The summed E-state index contributed by atoms with van der Waals surface area (Å²) in [5.41, 5.74) is 2.17. The fourth-order valence-corrected chi connectivity index (χ4v) is 19.1. The van der Waals surface area contributed by atoms with Gasteiger partial charge in [0.1, 0.15) is 36.6 Å². The number of methoxy groups -OCH3 is 1. The molecule has 81 heavy (non-hydrogen) atoms. The molecule has 0 aliphatic carbocycles. The van der Waals surface area contributed by atoms with Crippen LogP contribution in [0.25, 0.3) is 0 Å². The lowest BCUT2D eigenvalue weighted by molar-refractivity contribution is -0.370. The first-order valence-corrected chi connectivity index (χ1v) is 31.7. The monoisotopic (exact) mass is 1140 g/mol. The van der Waals surface area contributed by atoms with Gasteiger partial charge in [-0.3, -0.25) is 4.79 Å². The average Bonchev–Trinajstić information content (AvgIpc) is 4.46. The molecule has 2 unspecified atom stereocenters. The quantitative estimate of drug-likeness (QED) is 0.243. The first-order chi connectivity index (χ1) is 39.0. The summed E-state index contributed by atoms with van der Waals surface area (Å²) in [7, 11) is 1.64. The van der Waals surface area contributed by atoms with Crippen molar-refractivity contribution in [2.75, 3.05) is 13.7 Å². The van der Waals surface area contributed by atoms with E-state index in [9.17, 15) is 9.90 Å². The Bertz CT molecular complexity index is 2450. The second-order valence-corrected chi connectivity index (χ2v) is 28.4. The van der Waals surface area contributed by atoms with Crippen LogP contribution in [0.2, 0.25) is 0 Å². The molecule has 0 saturated carbocycles. The molecule has 17 saturated heterocycles. The molecule has 1 N–H and O–H groups in total. The topological polar surface area (TPSA) is 194 Å².